The summed E-state index contributed by atoms with van der Waals surface area (Å²) in [4.78, 5) is 10.9. The number of ether oxygens (including phenoxy) is 1. The second kappa shape index (κ2) is 5.49. The molecule has 1 N–H and O–H groups in total. The zero-order valence-corrected chi connectivity index (χ0v) is 10.2. The standard InChI is InChI=1S/C11H13NO4S/c1-3-11(13)16-10-7-5-9(6-8-10)12-17(14,15)4-2/h3,5-8,12H,1,4H2,2H3. The fraction of sp³-hybridized carbons (Fsp3) is 0.182. The van der Waals surface area contributed by atoms with E-state index in [1.165, 1.54) is 24.3 Å². The number of hydrogen-bond acceptors (Lipinski definition) is 4. The molecule has 0 fully saturated rings. The van der Waals surface area contributed by atoms with Gasteiger partial charge < -0.3 is 4.74 Å². The van der Waals surface area contributed by atoms with Gasteiger partial charge in [0.15, 0.2) is 0 Å². The van der Waals surface area contributed by atoms with Crippen LogP contribution in [0.4, 0.5) is 5.69 Å². The first-order valence-electron chi connectivity index (χ1n) is 4.91. The monoisotopic (exact) mass is 255 g/mol. The van der Waals surface area contributed by atoms with Crippen LogP contribution in [0.5, 0.6) is 5.75 Å². The molecule has 0 aliphatic heterocycles. The van der Waals surface area contributed by atoms with E-state index in [0.29, 0.717) is 11.4 Å². The molecule has 0 radical (unpaired) electrons. The average molecular weight is 255 g/mol. The first kappa shape index (κ1) is 13.2. The number of rotatable bonds is 5. The van der Waals surface area contributed by atoms with E-state index in [1.54, 1.807) is 6.92 Å². The molecule has 0 aromatic heterocycles. The highest BCUT2D eigenvalue weighted by Crippen LogP contribution is 2.16. The number of nitrogens with one attached hydrogen (secondary N) is 1. The van der Waals surface area contributed by atoms with Crippen LogP contribution in [0.25, 0.3) is 0 Å². The van der Waals surface area contributed by atoms with Gasteiger partial charge in [0, 0.05) is 11.8 Å². The minimum Gasteiger partial charge on any atom is -0.423 e. The molecule has 0 saturated heterocycles. The first-order valence-corrected chi connectivity index (χ1v) is 6.57. The van der Waals surface area contributed by atoms with Gasteiger partial charge in [-0.15, -0.1) is 0 Å². The van der Waals surface area contributed by atoms with Gasteiger partial charge in [-0.2, -0.15) is 0 Å². The molecule has 0 atom stereocenters. The molecule has 17 heavy (non-hydrogen) atoms. The highest BCUT2D eigenvalue weighted by molar-refractivity contribution is 7.92. The molecule has 0 aliphatic carbocycles. The van der Waals surface area contributed by atoms with Gasteiger partial charge in [0.25, 0.3) is 0 Å². The number of anilines is 1. The Hall–Kier alpha value is -1.82. The van der Waals surface area contributed by atoms with Crippen molar-refractivity contribution in [1.82, 2.24) is 0 Å². The molecule has 0 spiro atoms. The van der Waals surface area contributed by atoms with Gasteiger partial charge in [-0.25, -0.2) is 13.2 Å². The lowest BCUT2D eigenvalue weighted by Gasteiger charge is -2.06. The summed E-state index contributed by atoms with van der Waals surface area (Å²) in [5.74, 6) is -0.235. The van der Waals surface area contributed by atoms with Crippen LogP contribution in [0, 0.1) is 0 Å². The molecular formula is C11H13NO4S. The Labute approximate surface area is 100 Å². The van der Waals surface area contributed by atoms with Gasteiger partial charge in [0.2, 0.25) is 10.0 Å². The summed E-state index contributed by atoms with van der Waals surface area (Å²) in [5.41, 5.74) is 0.422. The number of carbonyl (C=O) groups is 1. The lowest BCUT2D eigenvalue weighted by Crippen LogP contribution is -2.14. The maximum Gasteiger partial charge on any atom is 0.335 e. The summed E-state index contributed by atoms with van der Waals surface area (Å²) in [7, 11) is -3.29. The molecule has 1 aromatic carbocycles. The summed E-state index contributed by atoms with van der Waals surface area (Å²) >= 11 is 0. The third kappa shape index (κ3) is 4.28. The molecule has 0 aliphatic rings. The Morgan fingerprint density at radius 3 is 2.47 bits per heavy atom. The van der Waals surface area contributed by atoms with Crippen molar-refractivity contribution in [3.63, 3.8) is 0 Å². The topological polar surface area (TPSA) is 72.5 Å². The van der Waals surface area contributed by atoms with E-state index in [2.05, 4.69) is 11.3 Å². The van der Waals surface area contributed by atoms with Gasteiger partial charge in [0.1, 0.15) is 5.75 Å². The van der Waals surface area contributed by atoms with Gasteiger partial charge in [-0.05, 0) is 31.2 Å². The number of carbonyl (C=O) groups excluding carboxylic acids is 1. The van der Waals surface area contributed by atoms with E-state index in [-0.39, 0.29) is 5.75 Å². The van der Waals surface area contributed by atoms with Gasteiger partial charge in [-0.1, -0.05) is 6.58 Å². The number of sulfonamides is 1. The van der Waals surface area contributed by atoms with Crippen molar-refractivity contribution in [2.45, 2.75) is 6.92 Å². The van der Waals surface area contributed by atoms with Crippen LogP contribution in [-0.2, 0) is 14.8 Å². The van der Waals surface area contributed by atoms with E-state index in [0.717, 1.165) is 6.08 Å². The van der Waals surface area contributed by atoms with Gasteiger partial charge in [0.05, 0.1) is 5.75 Å². The summed E-state index contributed by atoms with van der Waals surface area (Å²) in [6.45, 7) is 4.81. The average Bonchev–Trinajstić information content (AvgIpc) is 2.31. The van der Waals surface area contributed by atoms with Crippen LogP contribution in [0.1, 0.15) is 6.92 Å². The minimum absolute atomic E-state index is 0.000200. The Bertz CT molecular complexity index is 505. The number of esters is 1. The molecule has 1 aromatic rings. The predicted molar refractivity (Wildman–Crippen MR) is 65.4 cm³/mol. The zero-order chi connectivity index (χ0) is 12.9. The van der Waals surface area contributed by atoms with Crippen molar-refractivity contribution in [2.75, 3.05) is 10.5 Å². The summed E-state index contributed by atoms with van der Waals surface area (Å²) in [6.07, 6.45) is 1.05. The minimum atomic E-state index is -3.29. The van der Waals surface area contributed by atoms with Crippen molar-refractivity contribution in [2.24, 2.45) is 0 Å². The number of benzene rings is 1. The van der Waals surface area contributed by atoms with Crippen LogP contribution < -0.4 is 9.46 Å². The fourth-order valence-electron chi connectivity index (χ4n) is 1.00. The highest BCUT2D eigenvalue weighted by Gasteiger charge is 2.06. The van der Waals surface area contributed by atoms with Crippen molar-refractivity contribution in [3.05, 3.63) is 36.9 Å². The highest BCUT2D eigenvalue weighted by atomic mass is 32.2. The fourth-order valence-corrected chi connectivity index (χ4v) is 1.64. The second-order valence-electron chi connectivity index (χ2n) is 3.16. The largest absolute Gasteiger partial charge is 0.423 e. The first-order chi connectivity index (χ1) is 7.96. The summed E-state index contributed by atoms with van der Waals surface area (Å²) in [5, 5.41) is 0. The maximum atomic E-state index is 11.3. The Morgan fingerprint density at radius 2 is 2.00 bits per heavy atom. The van der Waals surface area contributed by atoms with E-state index in [4.69, 9.17) is 4.74 Å². The molecule has 0 heterocycles. The summed E-state index contributed by atoms with van der Waals surface area (Å²) in [6, 6.07) is 6.02. The molecule has 0 amide bonds. The molecule has 5 nitrogen and oxygen atoms in total. The molecule has 1 rings (SSSR count). The molecule has 6 heteroatoms. The maximum absolute atomic E-state index is 11.3. The lowest BCUT2D eigenvalue weighted by atomic mass is 10.3. The molecule has 0 bridgehead atoms. The van der Waals surface area contributed by atoms with Crippen LogP contribution >= 0.6 is 0 Å². The molecule has 0 saturated carbocycles. The third-order valence-electron chi connectivity index (χ3n) is 1.89. The van der Waals surface area contributed by atoms with Crippen molar-refractivity contribution in [1.29, 1.82) is 0 Å². The van der Waals surface area contributed by atoms with Crippen LogP contribution in [0.3, 0.4) is 0 Å². The molecule has 0 unspecified atom stereocenters. The van der Waals surface area contributed by atoms with Crippen molar-refractivity contribution < 1.29 is 17.9 Å². The predicted octanol–water partition coefficient (Wildman–Crippen LogP) is 1.54. The SMILES string of the molecule is C=CC(=O)Oc1ccc(NS(=O)(=O)CC)cc1. The Morgan fingerprint density at radius 1 is 1.41 bits per heavy atom. The van der Waals surface area contributed by atoms with E-state index in [1.807, 2.05) is 0 Å². The molecular weight excluding hydrogens is 242 g/mol. The smallest absolute Gasteiger partial charge is 0.335 e. The summed E-state index contributed by atoms with van der Waals surface area (Å²) < 4.78 is 29.8. The van der Waals surface area contributed by atoms with Crippen molar-refractivity contribution in [3.8, 4) is 5.75 Å². The molecule has 92 valence electrons. The van der Waals surface area contributed by atoms with Crippen LogP contribution in [0.15, 0.2) is 36.9 Å². The van der Waals surface area contributed by atoms with Crippen molar-refractivity contribution >= 4 is 21.7 Å². The lowest BCUT2D eigenvalue weighted by molar-refractivity contribution is -0.128. The third-order valence-corrected chi connectivity index (χ3v) is 3.20. The van der Waals surface area contributed by atoms with E-state index < -0.39 is 16.0 Å². The van der Waals surface area contributed by atoms with E-state index in [9.17, 15) is 13.2 Å². The Kier molecular flexibility index (Phi) is 4.28. The Balaban J connectivity index is 2.75. The van der Waals surface area contributed by atoms with Crippen LogP contribution in [0.2, 0.25) is 0 Å². The quantitative estimate of drug-likeness (QED) is 0.492. The normalized spacial score (nSPS) is 10.6. The van der Waals surface area contributed by atoms with Gasteiger partial charge >= 0.3 is 5.97 Å². The van der Waals surface area contributed by atoms with Gasteiger partial charge in [-0.3, -0.25) is 4.72 Å². The van der Waals surface area contributed by atoms with E-state index >= 15 is 0 Å². The second-order valence-corrected chi connectivity index (χ2v) is 5.17. The van der Waals surface area contributed by atoms with Crippen LogP contribution in [-0.4, -0.2) is 20.1 Å². The zero-order valence-electron chi connectivity index (χ0n) is 9.34. The number of hydrogen-bond donors (Lipinski definition) is 1.